The van der Waals surface area contributed by atoms with Gasteiger partial charge in [-0.25, -0.2) is 4.98 Å². The Kier molecular flexibility index (Phi) is 5.03. The zero-order valence-corrected chi connectivity index (χ0v) is 13.3. The molecule has 2 fully saturated rings. The van der Waals surface area contributed by atoms with Crippen LogP contribution in [0.2, 0.25) is 0 Å². The first-order chi connectivity index (χ1) is 9.91. The lowest BCUT2D eigenvalue weighted by atomic mass is 9.92. The molecule has 1 saturated heterocycles. The minimum Gasteiger partial charge on any atom is -0.349 e. The summed E-state index contributed by atoms with van der Waals surface area (Å²) in [6.45, 7) is 1.95. The third kappa shape index (κ3) is 3.55. The van der Waals surface area contributed by atoms with Crippen molar-refractivity contribution in [3.8, 4) is 0 Å². The van der Waals surface area contributed by atoms with Gasteiger partial charge in [-0.3, -0.25) is 4.79 Å². The monoisotopic (exact) mass is 355 g/mol. The molecular weight excluding hydrogens is 339 g/mol. The highest BCUT2D eigenvalue weighted by Crippen LogP contribution is 2.58. The van der Waals surface area contributed by atoms with Crippen molar-refractivity contribution in [3.63, 3.8) is 0 Å². The van der Waals surface area contributed by atoms with Gasteiger partial charge in [0.2, 0.25) is 5.91 Å². The van der Waals surface area contributed by atoms with E-state index in [0.29, 0.717) is 0 Å². The van der Waals surface area contributed by atoms with Gasteiger partial charge in [-0.2, -0.15) is 13.2 Å². The molecule has 1 spiro atoms. The molecule has 22 heavy (non-hydrogen) atoms. The first-order valence-electron chi connectivity index (χ1n) is 6.91. The van der Waals surface area contributed by atoms with Gasteiger partial charge in [0.25, 0.3) is 0 Å². The maximum Gasteiger partial charge on any atom is 0.434 e. The minimum atomic E-state index is -4.42. The zero-order valence-electron chi connectivity index (χ0n) is 11.7. The number of aromatic nitrogens is 1. The molecule has 2 N–H and O–H groups in total. The van der Waals surface area contributed by atoms with Gasteiger partial charge in [0.1, 0.15) is 5.01 Å². The Labute approximate surface area is 136 Å². The third-order valence-corrected chi connectivity index (χ3v) is 5.21. The Morgan fingerprint density at radius 1 is 1.45 bits per heavy atom. The molecule has 1 saturated carbocycles. The fraction of sp³-hybridized carbons (Fsp3) is 0.692. The maximum absolute atomic E-state index is 12.4. The van der Waals surface area contributed by atoms with Crippen molar-refractivity contribution in [1.82, 2.24) is 15.6 Å². The molecule has 1 atom stereocenters. The standard InChI is InChI=1S/C13H16F3N3OS.ClH/c14-13(15,16)9-7-21-10(19-9)6-18-11(20)8-5-12(8)1-3-17-4-2-12;/h7-8,17H,1-6H2,(H,18,20);1H. The molecule has 1 aromatic rings. The summed E-state index contributed by atoms with van der Waals surface area (Å²) < 4.78 is 37.3. The number of alkyl halides is 3. The van der Waals surface area contributed by atoms with Crippen LogP contribution >= 0.6 is 23.7 Å². The Morgan fingerprint density at radius 2 is 2.14 bits per heavy atom. The van der Waals surface area contributed by atoms with Gasteiger partial charge in [-0.1, -0.05) is 0 Å². The van der Waals surface area contributed by atoms with Crippen molar-refractivity contribution in [3.05, 3.63) is 16.1 Å². The van der Waals surface area contributed by atoms with E-state index in [1.165, 1.54) is 0 Å². The number of halogens is 4. The van der Waals surface area contributed by atoms with E-state index in [2.05, 4.69) is 15.6 Å². The second-order valence-electron chi connectivity index (χ2n) is 5.71. The SMILES string of the molecule is Cl.O=C(NCc1nc(C(F)(F)F)cs1)C1CC12CCNCC2. The third-order valence-electron chi connectivity index (χ3n) is 4.36. The highest BCUT2D eigenvalue weighted by Gasteiger charge is 2.57. The van der Waals surface area contributed by atoms with E-state index >= 15 is 0 Å². The quantitative estimate of drug-likeness (QED) is 0.876. The molecule has 2 heterocycles. The zero-order chi connectivity index (χ0) is 15.1. The summed E-state index contributed by atoms with van der Waals surface area (Å²) in [4.78, 5) is 15.6. The van der Waals surface area contributed by atoms with Crippen LogP contribution < -0.4 is 10.6 Å². The molecule has 1 aromatic heterocycles. The largest absolute Gasteiger partial charge is 0.434 e. The van der Waals surface area contributed by atoms with Gasteiger partial charge in [0.15, 0.2) is 5.69 Å². The summed E-state index contributed by atoms with van der Waals surface area (Å²) >= 11 is 0.922. The van der Waals surface area contributed by atoms with Gasteiger partial charge in [-0.05, 0) is 37.8 Å². The summed E-state index contributed by atoms with van der Waals surface area (Å²) in [5, 5.41) is 7.25. The van der Waals surface area contributed by atoms with Crippen molar-refractivity contribution >= 4 is 29.7 Å². The minimum absolute atomic E-state index is 0. The molecule has 0 bridgehead atoms. The van der Waals surface area contributed by atoms with Crippen LogP contribution in [0.3, 0.4) is 0 Å². The van der Waals surface area contributed by atoms with Crippen LogP contribution in [0.25, 0.3) is 0 Å². The topological polar surface area (TPSA) is 54.0 Å². The van der Waals surface area contributed by atoms with Crippen molar-refractivity contribution in [1.29, 1.82) is 0 Å². The van der Waals surface area contributed by atoms with Crippen LogP contribution in [-0.4, -0.2) is 24.0 Å². The number of nitrogens with one attached hydrogen (secondary N) is 2. The predicted molar refractivity (Wildman–Crippen MR) is 78.9 cm³/mol. The van der Waals surface area contributed by atoms with Gasteiger partial charge in [0, 0.05) is 11.3 Å². The second kappa shape index (κ2) is 6.33. The molecule has 3 rings (SSSR count). The average Bonchev–Trinajstić information content (AvgIpc) is 2.91. The molecular formula is C13H17ClF3N3OS. The molecule has 1 unspecified atom stereocenters. The number of amides is 1. The molecule has 2 aliphatic rings. The van der Waals surface area contributed by atoms with E-state index in [4.69, 9.17) is 0 Å². The van der Waals surface area contributed by atoms with Gasteiger partial charge in [-0.15, -0.1) is 23.7 Å². The molecule has 0 radical (unpaired) electrons. The average molecular weight is 356 g/mol. The van der Waals surface area contributed by atoms with Gasteiger partial charge < -0.3 is 10.6 Å². The van der Waals surface area contributed by atoms with E-state index in [1.807, 2.05) is 0 Å². The number of piperidine rings is 1. The highest BCUT2D eigenvalue weighted by atomic mass is 35.5. The normalized spacial score (nSPS) is 23.0. The number of carbonyl (C=O) groups is 1. The molecule has 1 aliphatic carbocycles. The first-order valence-corrected chi connectivity index (χ1v) is 7.79. The molecule has 9 heteroatoms. The van der Waals surface area contributed by atoms with Crippen molar-refractivity contribution in [2.45, 2.75) is 32.0 Å². The van der Waals surface area contributed by atoms with Crippen LogP contribution in [0.15, 0.2) is 5.38 Å². The van der Waals surface area contributed by atoms with E-state index in [0.717, 1.165) is 49.1 Å². The summed E-state index contributed by atoms with van der Waals surface area (Å²) in [6, 6.07) is 0. The lowest BCUT2D eigenvalue weighted by molar-refractivity contribution is -0.140. The van der Waals surface area contributed by atoms with Crippen molar-refractivity contribution in [2.75, 3.05) is 13.1 Å². The number of thiazole rings is 1. The summed E-state index contributed by atoms with van der Waals surface area (Å²) in [5.74, 6) is -0.0395. The lowest BCUT2D eigenvalue weighted by Gasteiger charge is -2.23. The van der Waals surface area contributed by atoms with E-state index in [-0.39, 0.29) is 41.2 Å². The smallest absolute Gasteiger partial charge is 0.349 e. The maximum atomic E-state index is 12.4. The Bertz CT molecular complexity index is 543. The van der Waals surface area contributed by atoms with E-state index in [1.54, 1.807) is 0 Å². The highest BCUT2D eigenvalue weighted by molar-refractivity contribution is 7.09. The molecule has 4 nitrogen and oxygen atoms in total. The number of carbonyl (C=O) groups excluding carboxylic acids is 1. The number of hydrogen-bond donors (Lipinski definition) is 2. The summed E-state index contributed by atoms with van der Waals surface area (Å²) in [6.07, 6.45) is -1.53. The summed E-state index contributed by atoms with van der Waals surface area (Å²) in [5.41, 5.74) is -0.756. The fourth-order valence-electron chi connectivity index (χ4n) is 3.00. The predicted octanol–water partition coefficient (Wildman–Crippen LogP) is 2.59. The number of rotatable bonds is 3. The van der Waals surface area contributed by atoms with E-state index < -0.39 is 11.9 Å². The van der Waals surface area contributed by atoms with Gasteiger partial charge in [0.05, 0.1) is 6.54 Å². The van der Waals surface area contributed by atoms with Crippen LogP contribution in [0.5, 0.6) is 0 Å². The number of hydrogen-bond acceptors (Lipinski definition) is 4. The van der Waals surface area contributed by atoms with E-state index in [9.17, 15) is 18.0 Å². The first kappa shape index (κ1) is 17.5. The molecule has 124 valence electrons. The van der Waals surface area contributed by atoms with Crippen LogP contribution in [0.4, 0.5) is 13.2 Å². The summed E-state index contributed by atoms with van der Waals surface area (Å²) in [7, 11) is 0. The second-order valence-corrected chi connectivity index (χ2v) is 6.65. The Hall–Kier alpha value is -0.860. The van der Waals surface area contributed by atoms with Crippen LogP contribution in [-0.2, 0) is 17.5 Å². The number of nitrogens with zero attached hydrogens (tertiary/aromatic N) is 1. The molecule has 0 aromatic carbocycles. The van der Waals surface area contributed by atoms with Crippen LogP contribution in [0.1, 0.15) is 30.0 Å². The lowest BCUT2D eigenvalue weighted by Crippen LogP contribution is -2.33. The Balaban J connectivity index is 0.00000176. The fourth-order valence-corrected chi connectivity index (χ4v) is 3.74. The van der Waals surface area contributed by atoms with Crippen LogP contribution in [0, 0.1) is 11.3 Å². The van der Waals surface area contributed by atoms with Crippen molar-refractivity contribution in [2.24, 2.45) is 11.3 Å². The molecule has 1 aliphatic heterocycles. The Morgan fingerprint density at radius 3 is 2.73 bits per heavy atom. The molecule has 1 amide bonds. The van der Waals surface area contributed by atoms with Gasteiger partial charge >= 0.3 is 6.18 Å². The van der Waals surface area contributed by atoms with Crippen molar-refractivity contribution < 1.29 is 18.0 Å².